The minimum absolute atomic E-state index is 0.285. The zero-order valence-electron chi connectivity index (χ0n) is 17.6. The lowest BCUT2D eigenvalue weighted by Gasteiger charge is -2.09. The highest BCUT2D eigenvalue weighted by Gasteiger charge is 2.09. The van der Waals surface area contributed by atoms with E-state index in [0.717, 1.165) is 5.56 Å². The largest absolute Gasteiger partial charge is 0.496 e. The molecule has 2 N–H and O–H groups in total. The second-order valence-corrected chi connectivity index (χ2v) is 6.72. The van der Waals surface area contributed by atoms with E-state index in [0.29, 0.717) is 22.7 Å². The lowest BCUT2D eigenvalue weighted by Crippen LogP contribution is -2.13. The number of rotatable bonds is 7. The molecule has 7 heteroatoms. The number of methoxy groups -OCH3 is 1. The highest BCUT2D eigenvalue weighted by atomic mass is 16.5. The first-order chi connectivity index (χ1) is 15.4. The standard InChI is InChI=1S/C25H22N2O5/c1-17(28)32-22-11-5-8-19(15-22)25(30)27-21-10-6-9-20(16-21)26-24(29)14-13-18-7-3-4-12-23(18)31-2/h3-16H,1-2H3,(H,26,29)(H,27,30)/b14-13+. The Morgan fingerprint density at radius 2 is 1.56 bits per heavy atom. The van der Waals surface area contributed by atoms with Gasteiger partial charge in [-0.15, -0.1) is 0 Å². The second-order valence-electron chi connectivity index (χ2n) is 6.72. The minimum Gasteiger partial charge on any atom is -0.496 e. The normalized spacial score (nSPS) is 10.4. The molecule has 0 bridgehead atoms. The Labute approximate surface area is 185 Å². The van der Waals surface area contributed by atoms with E-state index in [1.807, 2.05) is 24.3 Å². The van der Waals surface area contributed by atoms with Crippen LogP contribution in [0.1, 0.15) is 22.8 Å². The molecule has 0 aliphatic heterocycles. The number of hydrogen-bond acceptors (Lipinski definition) is 5. The van der Waals surface area contributed by atoms with Crippen LogP contribution in [0.15, 0.2) is 78.9 Å². The molecule has 7 nitrogen and oxygen atoms in total. The summed E-state index contributed by atoms with van der Waals surface area (Å²) in [5, 5.41) is 5.52. The molecule has 32 heavy (non-hydrogen) atoms. The topological polar surface area (TPSA) is 93.7 Å². The predicted octanol–water partition coefficient (Wildman–Crippen LogP) is 4.52. The number of esters is 1. The van der Waals surface area contributed by atoms with Gasteiger partial charge in [0.15, 0.2) is 0 Å². The van der Waals surface area contributed by atoms with Crippen LogP contribution in [0.3, 0.4) is 0 Å². The second kappa shape index (κ2) is 10.6. The molecule has 2 amide bonds. The molecule has 0 heterocycles. The summed E-state index contributed by atoms with van der Waals surface area (Å²) in [6.07, 6.45) is 3.07. The van der Waals surface area contributed by atoms with Gasteiger partial charge in [0.1, 0.15) is 11.5 Å². The Hall–Kier alpha value is -4.39. The summed E-state index contributed by atoms with van der Waals surface area (Å²) >= 11 is 0. The van der Waals surface area contributed by atoms with Crippen LogP contribution in [0, 0.1) is 0 Å². The van der Waals surface area contributed by atoms with Crippen LogP contribution in [0.25, 0.3) is 6.08 Å². The van der Waals surface area contributed by atoms with Crippen LogP contribution in [0.2, 0.25) is 0 Å². The molecule has 0 saturated carbocycles. The Balaban J connectivity index is 1.65. The van der Waals surface area contributed by atoms with E-state index in [2.05, 4.69) is 10.6 Å². The van der Waals surface area contributed by atoms with Crippen molar-refractivity contribution < 1.29 is 23.9 Å². The van der Waals surface area contributed by atoms with Crippen molar-refractivity contribution in [2.75, 3.05) is 17.7 Å². The van der Waals surface area contributed by atoms with E-state index in [9.17, 15) is 14.4 Å². The average Bonchev–Trinajstić information content (AvgIpc) is 2.78. The maximum Gasteiger partial charge on any atom is 0.308 e. The van der Waals surface area contributed by atoms with Crippen LogP contribution in [-0.2, 0) is 9.59 Å². The zero-order valence-corrected chi connectivity index (χ0v) is 17.6. The van der Waals surface area contributed by atoms with Crippen molar-refractivity contribution in [2.24, 2.45) is 0 Å². The third-order valence-corrected chi connectivity index (χ3v) is 4.30. The third kappa shape index (κ3) is 6.30. The van der Waals surface area contributed by atoms with Gasteiger partial charge >= 0.3 is 5.97 Å². The van der Waals surface area contributed by atoms with Gasteiger partial charge in [-0.1, -0.05) is 30.3 Å². The number of ether oxygens (including phenoxy) is 2. The van der Waals surface area contributed by atoms with Crippen molar-refractivity contribution in [1.82, 2.24) is 0 Å². The summed E-state index contributed by atoms with van der Waals surface area (Å²) in [7, 11) is 1.57. The van der Waals surface area contributed by atoms with Crippen molar-refractivity contribution in [3.8, 4) is 11.5 Å². The molecule has 0 fully saturated rings. The number of anilines is 2. The fraction of sp³-hybridized carbons (Fsp3) is 0.0800. The molecule has 3 aromatic rings. The molecular weight excluding hydrogens is 408 g/mol. The molecule has 0 atom stereocenters. The first kappa shape index (κ1) is 22.3. The Kier molecular flexibility index (Phi) is 7.37. The Morgan fingerprint density at radius 3 is 2.31 bits per heavy atom. The number of nitrogens with one attached hydrogen (secondary N) is 2. The molecule has 0 aromatic heterocycles. The Bertz CT molecular complexity index is 1170. The van der Waals surface area contributed by atoms with Crippen LogP contribution >= 0.6 is 0 Å². The molecule has 0 aliphatic rings. The number of carbonyl (C=O) groups excluding carboxylic acids is 3. The third-order valence-electron chi connectivity index (χ3n) is 4.30. The van der Waals surface area contributed by atoms with Gasteiger partial charge in [0, 0.05) is 35.5 Å². The van der Waals surface area contributed by atoms with Crippen molar-refractivity contribution >= 4 is 35.2 Å². The van der Waals surface area contributed by atoms with Gasteiger partial charge in [0.05, 0.1) is 7.11 Å². The van der Waals surface area contributed by atoms with Crippen LogP contribution in [-0.4, -0.2) is 24.9 Å². The molecular formula is C25H22N2O5. The van der Waals surface area contributed by atoms with Crippen molar-refractivity contribution in [3.05, 3.63) is 90.0 Å². The van der Waals surface area contributed by atoms with E-state index in [1.165, 1.54) is 19.1 Å². The first-order valence-electron chi connectivity index (χ1n) is 9.76. The predicted molar refractivity (Wildman–Crippen MR) is 123 cm³/mol. The van der Waals surface area contributed by atoms with Crippen LogP contribution in [0.5, 0.6) is 11.5 Å². The number of benzene rings is 3. The number of carbonyl (C=O) groups is 3. The van der Waals surface area contributed by atoms with E-state index >= 15 is 0 Å². The summed E-state index contributed by atoms with van der Waals surface area (Å²) in [5.74, 6) is -0.218. The maximum absolute atomic E-state index is 12.5. The summed E-state index contributed by atoms with van der Waals surface area (Å²) in [4.78, 5) is 35.9. The van der Waals surface area contributed by atoms with E-state index in [4.69, 9.17) is 9.47 Å². The molecule has 0 aliphatic carbocycles. The number of hydrogen-bond donors (Lipinski definition) is 2. The molecule has 3 aromatic carbocycles. The number of amides is 2. The fourth-order valence-electron chi connectivity index (χ4n) is 2.90. The lowest BCUT2D eigenvalue weighted by molar-refractivity contribution is -0.131. The Morgan fingerprint density at radius 1 is 0.844 bits per heavy atom. The van der Waals surface area contributed by atoms with E-state index in [-0.39, 0.29) is 17.6 Å². The molecule has 0 unspecified atom stereocenters. The summed E-state index contributed by atoms with van der Waals surface area (Å²) < 4.78 is 10.3. The summed E-state index contributed by atoms with van der Waals surface area (Å²) in [6.45, 7) is 1.29. The van der Waals surface area contributed by atoms with Gasteiger partial charge in [0.2, 0.25) is 5.91 Å². The fourth-order valence-corrected chi connectivity index (χ4v) is 2.90. The van der Waals surface area contributed by atoms with Crippen LogP contribution < -0.4 is 20.1 Å². The molecule has 0 saturated heterocycles. The quantitative estimate of drug-likeness (QED) is 0.326. The molecule has 3 rings (SSSR count). The minimum atomic E-state index is -0.467. The van der Waals surface area contributed by atoms with Gasteiger partial charge in [-0.2, -0.15) is 0 Å². The lowest BCUT2D eigenvalue weighted by atomic mass is 10.2. The number of para-hydroxylation sites is 1. The highest BCUT2D eigenvalue weighted by Crippen LogP contribution is 2.20. The monoisotopic (exact) mass is 430 g/mol. The van der Waals surface area contributed by atoms with Crippen molar-refractivity contribution in [1.29, 1.82) is 0 Å². The SMILES string of the molecule is COc1ccccc1/C=C/C(=O)Nc1cccc(NC(=O)c2cccc(OC(C)=O)c2)c1. The molecule has 0 radical (unpaired) electrons. The molecule has 0 spiro atoms. The smallest absolute Gasteiger partial charge is 0.308 e. The van der Waals surface area contributed by atoms with Crippen LogP contribution in [0.4, 0.5) is 11.4 Å². The van der Waals surface area contributed by atoms with Gasteiger partial charge in [-0.25, -0.2) is 0 Å². The van der Waals surface area contributed by atoms with Gasteiger partial charge < -0.3 is 20.1 Å². The van der Waals surface area contributed by atoms with Gasteiger partial charge in [-0.05, 0) is 48.5 Å². The summed E-state index contributed by atoms with van der Waals surface area (Å²) in [6, 6.07) is 20.4. The first-order valence-corrected chi connectivity index (χ1v) is 9.76. The average molecular weight is 430 g/mol. The highest BCUT2D eigenvalue weighted by molar-refractivity contribution is 6.05. The van der Waals surface area contributed by atoms with Gasteiger partial charge in [0.25, 0.3) is 5.91 Å². The van der Waals surface area contributed by atoms with E-state index in [1.54, 1.807) is 55.7 Å². The summed E-state index contributed by atoms with van der Waals surface area (Å²) in [5.41, 5.74) is 2.13. The maximum atomic E-state index is 12.5. The van der Waals surface area contributed by atoms with E-state index < -0.39 is 5.97 Å². The van der Waals surface area contributed by atoms with Crippen molar-refractivity contribution in [2.45, 2.75) is 6.92 Å². The zero-order chi connectivity index (χ0) is 22.9. The van der Waals surface area contributed by atoms with Crippen molar-refractivity contribution in [3.63, 3.8) is 0 Å². The van der Waals surface area contributed by atoms with Gasteiger partial charge in [-0.3, -0.25) is 14.4 Å². The molecule has 162 valence electrons.